The Morgan fingerprint density at radius 1 is 1.19 bits per heavy atom. The molecule has 0 bridgehead atoms. The SMILES string of the molecule is C/C=C\C(C)=C(/C)C(=O)Nc1c(C(=O)NCC)noc1-c1cc(C(C)C)c(O)cc1O. The van der Waals surface area contributed by atoms with Crippen LogP contribution in [-0.4, -0.2) is 33.7 Å². The number of phenols is 2. The molecule has 0 aliphatic rings. The molecule has 166 valence electrons. The van der Waals surface area contributed by atoms with Crippen molar-refractivity contribution in [2.45, 2.75) is 47.5 Å². The molecule has 0 atom stereocenters. The molecule has 2 rings (SSSR count). The molecular formula is C23H29N3O5. The summed E-state index contributed by atoms with van der Waals surface area (Å²) in [6.45, 7) is 11.2. The van der Waals surface area contributed by atoms with E-state index in [9.17, 15) is 19.8 Å². The van der Waals surface area contributed by atoms with E-state index < -0.39 is 11.8 Å². The number of carbonyl (C=O) groups is 2. The molecule has 0 saturated carbocycles. The number of rotatable bonds is 7. The van der Waals surface area contributed by atoms with Crippen LogP contribution in [0.15, 0.2) is 40.0 Å². The van der Waals surface area contributed by atoms with Crippen molar-refractivity contribution < 1.29 is 24.3 Å². The zero-order valence-corrected chi connectivity index (χ0v) is 18.7. The van der Waals surface area contributed by atoms with Crippen molar-refractivity contribution in [3.05, 3.63) is 46.7 Å². The second-order valence-corrected chi connectivity index (χ2v) is 7.44. The highest BCUT2D eigenvalue weighted by atomic mass is 16.5. The van der Waals surface area contributed by atoms with E-state index in [2.05, 4.69) is 15.8 Å². The number of allylic oxidation sites excluding steroid dienone is 3. The van der Waals surface area contributed by atoms with Crippen molar-refractivity contribution in [1.29, 1.82) is 0 Å². The van der Waals surface area contributed by atoms with Crippen LogP contribution in [-0.2, 0) is 4.79 Å². The largest absolute Gasteiger partial charge is 0.508 e. The van der Waals surface area contributed by atoms with Gasteiger partial charge in [0.2, 0.25) is 0 Å². The van der Waals surface area contributed by atoms with E-state index in [4.69, 9.17) is 4.52 Å². The van der Waals surface area contributed by atoms with E-state index in [0.29, 0.717) is 17.7 Å². The predicted octanol–water partition coefficient (Wildman–Crippen LogP) is 4.48. The van der Waals surface area contributed by atoms with Crippen LogP contribution in [0.5, 0.6) is 11.5 Å². The van der Waals surface area contributed by atoms with Gasteiger partial charge < -0.3 is 25.4 Å². The van der Waals surface area contributed by atoms with Crippen molar-refractivity contribution in [2.24, 2.45) is 0 Å². The van der Waals surface area contributed by atoms with E-state index >= 15 is 0 Å². The molecule has 2 aromatic rings. The normalized spacial score (nSPS) is 12.2. The Bertz CT molecular complexity index is 1050. The Labute approximate surface area is 181 Å². The lowest BCUT2D eigenvalue weighted by molar-refractivity contribution is -0.112. The number of benzene rings is 1. The zero-order valence-electron chi connectivity index (χ0n) is 18.7. The molecule has 2 amide bonds. The van der Waals surface area contributed by atoms with Gasteiger partial charge in [-0.25, -0.2) is 0 Å². The Hall–Kier alpha value is -3.55. The van der Waals surface area contributed by atoms with Gasteiger partial charge in [0, 0.05) is 18.2 Å². The molecule has 1 aromatic carbocycles. The predicted molar refractivity (Wildman–Crippen MR) is 119 cm³/mol. The quantitative estimate of drug-likeness (QED) is 0.381. The number of aromatic hydroxyl groups is 2. The lowest BCUT2D eigenvalue weighted by Gasteiger charge is -2.13. The van der Waals surface area contributed by atoms with Gasteiger partial charge in [-0.15, -0.1) is 0 Å². The van der Waals surface area contributed by atoms with Crippen molar-refractivity contribution in [1.82, 2.24) is 10.5 Å². The van der Waals surface area contributed by atoms with Crippen LogP contribution < -0.4 is 10.6 Å². The molecular weight excluding hydrogens is 398 g/mol. The zero-order chi connectivity index (χ0) is 23.3. The number of aromatic nitrogens is 1. The van der Waals surface area contributed by atoms with Crippen molar-refractivity contribution in [3.8, 4) is 22.8 Å². The molecule has 31 heavy (non-hydrogen) atoms. The van der Waals surface area contributed by atoms with Gasteiger partial charge in [-0.3, -0.25) is 9.59 Å². The Kier molecular flexibility index (Phi) is 7.63. The average molecular weight is 428 g/mol. The fourth-order valence-electron chi connectivity index (χ4n) is 2.99. The van der Waals surface area contributed by atoms with E-state index in [0.717, 1.165) is 5.57 Å². The minimum absolute atomic E-state index is 0.0190. The maximum atomic E-state index is 12.9. The van der Waals surface area contributed by atoms with Crippen molar-refractivity contribution >= 4 is 17.5 Å². The summed E-state index contributed by atoms with van der Waals surface area (Å²) < 4.78 is 5.40. The Morgan fingerprint density at radius 2 is 1.87 bits per heavy atom. The summed E-state index contributed by atoms with van der Waals surface area (Å²) >= 11 is 0. The van der Waals surface area contributed by atoms with Gasteiger partial charge in [0.15, 0.2) is 11.5 Å². The Balaban J connectivity index is 2.66. The summed E-state index contributed by atoms with van der Waals surface area (Å²) in [6.07, 6.45) is 3.62. The maximum Gasteiger partial charge on any atom is 0.275 e. The topological polar surface area (TPSA) is 125 Å². The highest BCUT2D eigenvalue weighted by molar-refractivity contribution is 6.10. The van der Waals surface area contributed by atoms with Gasteiger partial charge in [0.1, 0.15) is 17.2 Å². The van der Waals surface area contributed by atoms with E-state index in [1.807, 2.05) is 26.8 Å². The lowest BCUT2D eigenvalue weighted by Crippen LogP contribution is -2.25. The van der Waals surface area contributed by atoms with E-state index in [1.165, 1.54) is 6.07 Å². The third kappa shape index (κ3) is 5.14. The molecule has 0 saturated heterocycles. The number of hydrogen-bond donors (Lipinski definition) is 4. The van der Waals surface area contributed by atoms with Gasteiger partial charge >= 0.3 is 0 Å². The summed E-state index contributed by atoms with van der Waals surface area (Å²) in [5.74, 6) is -1.32. The van der Waals surface area contributed by atoms with Gasteiger partial charge in [-0.2, -0.15) is 0 Å². The summed E-state index contributed by atoms with van der Waals surface area (Å²) in [4.78, 5) is 25.4. The molecule has 0 unspecified atom stereocenters. The van der Waals surface area contributed by atoms with Crippen molar-refractivity contribution in [3.63, 3.8) is 0 Å². The molecule has 0 radical (unpaired) electrons. The number of amides is 2. The van der Waals surface area contributed by atoms with Gasteiger partial charge in [-0.05, 0) is 50.8 Å². The van der Waals surface area contributed by atoms with Gasteiger partial charge in [-0.1, -0.05) is 31.2 Å². The highest BCUT2D eigenvalue weighted by Crippen LogP contribution is 2.41. The third-order valence-electron chi connectivity index (χ3n) is 4.84. The number of phenolic OH excluding ortho intramolecular Hbond substituents is 2. The molecule has 8 nitrogen and oxygen atoms in total. The van der Waals surface area contributed by atoms with Crippen LogP contribution in [0.25, 0.3) is 11.3 Å². The minimum atomic E-state index is -0.526. The van der Waals surface area contributed by atoms with E-state index in [-0.39, 0.29) is 40.1 Å². The first-order valence-corrected chi connectivity index (χ1v) is 10.1. The monoisotopic (exact) mass is 427 g/mol. The van der Waals surface area contributed by atoms with Crippen molar-refractivity contribution in [2.75, 3.05) is 11.9 Å². The van der Waals surface area contributed by atoms with Crippen LogP contribution in [0.4, 0.5) is 5.69 Å². The van der Waals surface area contributed by atoms with E-state index in [1.54, 1.807) is 32.9 Å². The molecule has 8 heteroatoms. The van der Waals surface area contributed by atoms with Crippen LogP contribution in [0.3, 0.4) is 0 Å². The lowest BCUT2D eigenvalue weighted by atomic mass is 9.97. The average Bonchev–Trinajstić information content (AvgIpc) is 3.10. The molecule has 1 heterocycles. The molecule has 4 N–H and O–H groups in total. The van der Waals surface area contributed by atoms with Gasteiger partial charge in [0.25, 0.3) is 11.8 Å². The number of nitrogens with one attached hydrogen (secondary N) is 2. The van der Waals surface area contributed by atoms with Crippen LogP contribution in [0, 0.1) is 0 Å². The number of carbonyl (C=O) groups excluding carboxylic acids is 2. The maximum absolute atomic E-state index is 12.9. The molecule has 0 aliphatic carbocycles. The first-order valence-electron chi connectivity index (χ1n) is 10.1. The molecule has 0 aliphatic heterocycles. The summed E-state index contributed by atoms with van der Waals surface area (Å²) in [5.41, 5.74) is 1.91. The first kappa shape index (κ1) is 23.7. The van der Waals surface area contributed by atoms with Crippen LogP contribution >= 0.6 is 0 Å². The Morgan fingerprint density at radius 3 is 2.45 bits per heavy atom. The van der Waals surface area contributed by atoms with Crippen LogP contribution in [0.2, 0.25) is 0 Å². The molecule has 1 aromatic heterocycles. The van der Waals surface area contributed by atoms with Crippen LogP contribution in [0.1, 0.15) is 63.5 Å². The number of anilines is 1. The third-order valence-corrected chi connectivity index (χ3v) is 4.84. The second kappa shape index (κ2) is 9.97. The molecule has 0 spiro atoms. The summed E-state index contributed by atoms with van der Waals surface area (Å²) in [7, 11) is 0. The molecule has 0 fully saturated rings. The fraction of sp³-hybridized carbons (Fsp3) is 0.348. The first-order chi connectivity index (χ1) is 14.6. The van der Waals surface area contributed by atoms with Gasteiger partial charge in [0.05, 0.1) is 5.56 Å². The standard InChI is InChI=1S/C23H29N3O5/c1-7-9-13(5)14(6)22(29)25-19-20(23(30)24-8-2)26-31-21(19)16-10-15(12(3)4)17(27)11-18(16)28/h7,9-12,27-28H,8H2,1-6H3,(H,24,30)(H,25,29)/b9-7-,14-13+. The smallest absolute Gasteiger partial charge is 0.275 e. The summed E-state index contributed by atoms with van der Waals surface area (Å²) in [5, 5.41) is 29.8. The minimum Gasteiger partial charge on any atom is -0.508 e. The number of hydrogen-bond acceptors (Lipinski definition) is 6. The number of nitrogens with zero attached hydrogens (tertiary/aromatic N) is 1. The highest BCUT2D eigenvalue weighted by Gasteiger charge is 2.27. The fourth-order valence-corrected chi connectivity index (χ4v) is 2.99. The summed E-state index contributed by atoms with van der Waals surface area (Å²) in [6, 6.07) is 2.76. The second-order valence-electron chi connectivity index (χ2n) is 7.44.